The molecule has 0 bridgehead atoms. The van der Waals surface area contributed by atoms with Crippen molar-refractivity contribution in [1.82, 2.24) is 5.32 Å². The minimum absolute atomic E-state index is 0.0349. The Labute approximate surface area is 103 Å². The average molecular weight is 259 g/mol. The van der Waals surface area contributed by atoms with Crippen LogP contribution in [-0.2, 0) is 14.6 Å². The smallest absolute Gasteiger partial charge is 0.150 e. The maximum atomic E-state index is 12.0. The molecule has 5 heteroatoms. The SMILES string of the molecule is CCS(=O)(=O)CCC(=O)C1CC12CCNCC2. The summed E-state index contributed by atoms with van der Waals surface area (Å²) >= 11 is 0. The van der Waals surface area contributed by atoms with E-state index in [-0.39, 0.29) is 35.0 Å². The Bertz CT molecular complexity index is 396. The maximum Gasteiger partial charge on any atom is 0.150 e. The first kappa shape index (κ1) is 13.0. The van der Waals surface area contributed by atoms with Gasteiger partial charge in [-0.05, 0) is 37.8 Å². The van der Waals surface area contributed by atoms with Gasteiger partial charge in [-0.3, -0.25) is 4.79 Å². The standard InChI is InChI=1S/C12H21NO3S/c1-2-17(15,16)8-3-11(14)10-9-12(10)4-6-13-7-5-12/h10,13H,2-9H2,1H3. The third-order valence-corrected chi connectivity index (χ3v) is 5.98. The molecule has 17 heavy (non-hydrogen) atoms. The first-order valence-corrected chi connectivity index (χ1v) is 8.25. The summed E-state index contributed by atoms with van der Waals surface area (Å²) in [5, 5.41) is 3.30. The van der Waals surface area contributed by atoms with Gasteiger partial charge < -0.3 is 5.32 Å². The summed E-state index contributed by atoms with van der Waals surface area (Å²) in [7, 11) is -3.00. The summed E-state index contributed by atoms with van der Waals surface area (Å²) in [5.74, 6) is 0.494. The maximum absolute atomic E-state index is 12.0. The van der Waals surface area contributed by atoms with Gasteiger partial charge in [0, 0.05) is 18.1 Å². The average Bonchev–Trinajstić information content (AvgIpc) is 3.01. The number of piperidine rings is 1. The van der Waals surface area contributed by atoms with Gasteiger partial charge >= 0.3 is 0 Å². The number of hydrogen-bond acceptors (Lipinski definition) is 4. The van der Waals surface area contributed by atoms with Crippen molar-refractivity contribution in [3.8, 4) is 0 Å². The summed E-state index contributed by atoms with van der Waals surface area (Å²) in [4.78, 5) is 12.0. The van der Waals surface area contributed by atoms with Gasteiger partial charge in [-0.15, -0.1) is 0 Å². The minimum atomic E-state index is -3.00. The Morgan fingerprint density at radius 2 is 2.00 bits per heavy atom. The number of Topliss-reactive ketones (excluding diaryl/α,β-unsaturated/α-hetero) is 1. The number of hydrogen-bond donors (Lipinski definition) is 1. The van der Waals surface area contributed by atoms with Crippen molar-refractivity contribution in [3.63, 3.8) is 0 Å². The zero-order valence-corrected chi connectivity index (χ0v) is 11.2. The van der Waals surface area contributed by atoms with Gasteiger partial charge in [0.05, 0.1) is 5.75 Å². The second-order valence-electron chi connectivity index (χ2n) is 5.32. The Morgan fingerprint density at radius 1 is 1.35 bits per heavy atom. The van der Waals surface area contributed by atoms with Crippen LogP contribution in [0.25, 0.3) is 0 Å². The van der Waals surface area contributed by atoms with Crippen LogP contribution in [0.15, 0.2) is 0 Å². The molecule has 1 aliphatic carbocycles. The molecule has 2 fully saturated rings. The largest absolute Gasteiger partial charge is 0.317 e. The summed E-state index contributed by atoms with van der Waals surface area (Å²) in [6, 6.07) is 0. The van der Waals surface area contributed by atoms with Crippen molar-refractivity contribution < 1.29 is 13.2 Å². The summed E-state index contributed by atoms with van der Waals surface area (Å²) in [6.07, 6.45) is 3.35. The molecule has 0 aromatic heterocycles. The summed E-state index contributed by atoms with van der Waals surface area (Å²) < 4.78 is 22.7. The monoisotopic (exact) mass is 259 g/mol. The molecular formula is C12H21NO3S. The van der Waals surface area contributed by atoms with Gasteiger partial charge in [-0.25, -0.2) is 8.42 Å². The summed E-state index contributed by atoms with van der Waals surface area (Å²) in [6.45, 7) is 3.62. The van der Waals surface area contributed by atoms with Crippen molar-refractivity contribution >= 4 is 15.6 Å². The molecule has 2 rings (SSSR count). The highest BCUT2D eigenvalue weighted by Gasteiger charge is 2.56. The fourth-order valence-electron chi connectivity index (χ4n) is 2.85. The van der Waals surface area contributed by atoms with Crippen LogP contribution < -0.4 is 5.32 Å². The van der Waals surface area contributed by atoms with E-state index in [1.807, 2.05) is 0 Å². The molecule has 2 aliphatic rings. The molecule has 4 nitrogen and oxygen atoms in total. The van der Waals surface area contributed by atoms with Crippen molar-refractivity contribution in [2.24, 2.45) is 11.3 Å². The second-order valence-corrected chi connectivity index (χ2v) is 7.79. The molecule has 1 N–H and O–H groups in total. The molecule has 1 aliphatic heterocycles. The highest BCUT2D eigenvalue weighted by molar-refractivity contribution is 7.91. The Morgan fingerprint density at radius 3 is 2.59 bits per heavy atom. The van der Waals surface area contributed by atoms with Crippen molar-refractivity contribution in [1.29, 1.82) is 0 Å². The number of carbonyl (C=O) groups excluding carboxylic acids is 1. The molecule has 1 atom stereocenters. The molecule has 1 unspecified atom stereocenters. The van der Waals surface area contributed by atoms with Crippen LogP contribution in [0.3, 0.4) is 0 Å². The molecule has 0 aromatic rings. The molecule has 1 saturated carbocycles. The van der Waals surface area contributed by atoms with Crippen LogP contribution in [0.5, 0.6) is 0 Å². The first-order chi connectivity index (χ1) is 7.99. The highest BCUT2D eigenvalue weighted by atomic mass is 32.2. The second kappa shape index (κ2) is 4.69. The number of sulfone groups is 1. The van der Waals surface area contributed by atoms with E-state index in [1.54, 1.807) is 6.92 Å². The van der Waals surface area contributed by atoms with Crippen LogP contribution in [-0.4, -0.2) is 38.8 Å². The third-order valence-electron chi connectivity index (χ3n) is 4.28. The fraction of sp³-hybridized carbons (Fsp3) is 0.917. The number of nitrogens with one attached hydrogen (secondary N) is 1. The molecule has 1 saturated heterocycles. The van der Waals surface area contributed by atoms with Gasteiger partial charge in [0.25, 0.3) is 0 Å². The molecular weight excluding hydrogens is 238 g/mol. The van der Waals surface area contributed by atoms with E-state index in [0.29, 0.717) is 0 Å². The van der Waals surface area contributed by atoms with Gasteiger partial charge in [0.15, 0.2) is 0 Å². The summed E-state index contributed by atoms with van der Waals surface area (Å²) in [5.41, 5.74) is 0.234. The lowest BCUT2D eigenvalue weighted by atomic mass is 9.90. The van der Waals surface area contributed by atoms with E-state index in [9.17, 15) is 13.2 Å². The molecule has 0 aromatic carbocycles. The highest BCUT2D eigenvalue weighted by Crippen LogP contribution is 2.59. The van der Waals surface area contributed by atoms with Crippen LogP contribution >= 0.6 is 0 Å². The van der Waals surface area contributed by atoms with E-state index >= 15 is 0 Å². The molecule has 0 radical (unpaired) electrons. The zero-order valence-electron chi connectivity index (χ0n) is 10.4. The van der Waals surface area contributed by atoms with E-state index in [0.717, 1.165) is 32.4 Å². The van der Waals surface area contributed by atoms with Crippen molar-refractivity contribution in [2.45, 2.75) is 32.6 Å². The topological polar surface area (TPSA) is 63.2 Å². The van der Waals surface area contributed by atoms with Crippen molar-refractivity contribution in [2.75, 3.05) is 24.6 Å². The number of ketones is 1. The minimum Gasteiger partial charge on any atom is -0.317 e. The lowest BCUT2D eigenvalue weighted by Gasteiger charge is -2.23. The molecule has 0 amide bonds. The van der Waals surface area contributed by atoms with E-state index < -0.39 is 9.84 Å². The number of carbonyl (C=O) groups is 1. The van der Waals surface area contributed by atoms with Crippen LogP contribution in [0, 0.1) is 11.3 Å². The van der Waals surface area contributed by atoms with Crippen LogP contribution in [0.2, 0.25) is 0 Å². The number of rotatable bonds is 5. The Balaban J connectivity index is 1.83. The van der Waals surface area contributed by atoms with Gasteiger partial charge in [-0.1, -0.05) is 6.92 Å². The predicted molar refractivity (Wildman–Crippen MR) is 66.6 cm³/mol. The normalized spacial score (nSPS) is 27.0. The Hall–Kier alpha value is -0.420. The quantitative estimate of drug-likeness (QED) is 0.792. The Kier molecular flexibility index (Phi) is 3.59. The third kappa shape index (κ3) is 2.88. The zero-order chi connectivity index (χ0) is 12.5. The molecule has 1 spiro atoms. The van der Waals surface area contributed by atoms with E-state index in [1.165, 1.54) is 0 Å². The lowest BCUT2D eigenvalue weighted by molar-refractivity contribution is -0.120. The van der Waals surface area contributed by atoms with E-state index in [4.69, 9.17) is 0 Å². The first-order valence-electron chi connectivity index (χ1n) is 6.43. The predicted octanol–water partition coefficient (Wildman–Crippen LogP) is 0.770. The van der Waals surface area contributed by atoms with Gasteiger partial charge in [0.1, 0.15) is 15.6 Å². The van der Waals surface area contributed by atoms with Crippen LogP contribution in [0.1, 0.15) is 32.6 Å². The van der Waals surface area contributed by atoms with E-state index in [2.05, 4.69) is 5.32 Å². The molecule has 1 heterocycles. The fourth-order valence-corrected chi connectivity index (χ4v) is 3.66. The lowest BCUT2D eigenvalue weighted by Crippen LogP contribution is -2.31. The van der Waals surface area contributed by atoms with Gasteiger partial charge in [-0.2, -0.15) is 0 Å². The van der Waals surface area contributed by atoms with Crippen LogP contribution in [0.4, 0.5) is 0 Å². The molecule has 98 valence electrons. The van der Waals surface area contributed by atoms with Crippen molar-refractivity contribution in [3.05, 3.63) is 0 Å². The van der Waals surface area contributed by atoms with Gasteiger partial charge in [0.2, 0.25) is 0 Å².